The molecule has 0 aliphatic carbocycles. The Morgan fingerprint density at radius 3 is 2.33 bits per heavy atom. The number of hydrogen-bond donors (Lipinski definition) is 1. The molecule has 7 heteroatoms. The summed E-state index contributed by atoms with van der Waals surface area (Å²) in [5, 5.41) is 0. The van der Waals surface area contributed by atoms with E-state index in [-0.39, 0.29) is 17.1 Å². The lowest BCUT2D eigenvalue weighted by Crippen LogP contribution is -2.18. The number of halogens is 3. The van der Waals surface area contributed by atoms with Gasteiger partial charge >= 0.3 is 6.18 Å². The SMILES string of the molecule is CC(C)(C)c1nc(N)cc(OCCC(F)(F)F)n1. The Hall–Kier alpha value is -1.53. The molecule has 0 radical (unpaired) electrons. The number of aromatic nitrogens is 2. The van der Waals surface area contributed by atoms with Gasteiger partial charge in [0.2, 0.25) is 5.88 Å². The highest BCUT2D eigenvalue weighted by Crippen LogP contribution is 2.23. The van der Waals surface area contributed by atoms with Gasteiger partial charge in [0.15, 0.2) is 0 Å². The van der Waals surface area contributed by atoms with Crippen molar-refractivity contribution in [3.63, 3.8) is 0 Å². The topological polar surface area (TPSA) is 61.0 Å². The van der Waals surface area contributed by atoms with Crippen molar-refractivity contribution in [2.75, 3.05) is 12.3 Å². The third kappa shape index (κ3) is 4.77. The molecule has 0 saturated heterocycles. The highest BCUT2D eigenvalue weighted by molar-refractivity contribution is 5.34. The van der Waals surface area contributed by atoms with Crippen LogP contribution < -0.4 is 10.5 Å². The van der Waals surface area contributed by atoms with Crippen molar-refractivity contribution in [2.45, 2.75) is 38.8 Å². The maximum atomic E-state index is 12.0. The van der Waals surface area contributed by atoms with Gasteiger partial charge in [-0.3, -0.25) is 0 Å². The zero-order chi connectivity index (χ0) is 14.0. The van der Waals surface area contributed by atoms with Gasteiger partial charge in [0.25, 0.3) is 0 Å². The lowest BCUT2D eigenvalue weighted by molar-refractivity contribution is -0.139. The fraction of sp³-hybridized carbons (Fsp3) is 0.636. The van der Waals surface area contributed by atoms with Crippen molar-refractivity contribution in [2.24, 2.45) is 0 Å². The number of hydrogen-bond acceptors (Lipinski definition) is 4. The molecule has 102 valence electrons. The third-order valence-electron chi connectivity index (χ3n) is 2.03. The van der Waals surface area contributed by atoms with Crippen LogP contribution in [0.5, 0.6) is 5.88 Å². The molecule has 0 fully saturated rings. The second kappa shape index (κ2) is 4.99. The predicted octanol–water partition coefficient (Wildman–Crippen LogP) is 2.69. The maximum absolute atomic E-state index is 12.0. The van der Waals surface area contributed by atoms with E-state index in [1.165, 1.54) is 6.07 Å². The number of anilines is 1. The van der Waals surface area contributed by atoms with Gasteiger partial charge in [-0.1, -0.05) is 20.8 Å². The molecule has 0 aliphatic heterocycles. The van der Waals surface area contributed by atoms with Crippen LogP contribution in [0.4, 0.5) is 19.0 Å². The van der Waals surface area contributed by atoms with Crippen molar-refractivity contribution in [3.8, 4) is 5.88 Å². The molecular formula is C11H16F3N3O. The monoisotopic (exact) mass is 263 g/mol. The van der Waals surface area contributed by atoms with Gasteiger partial charge in [-0.05, 0) is 0 Å². The van der Waals surface area contributed by atoms with Crippen molar-refractivity contribution in [1.82, 2.24) is 9.97 Å². The number of rotatable bonds is 3. The Bertz CT molecular complexity index is 413. The predicted molar refractivity (Wildman–Crippen MR) is 61.3 cm³/mol. The highest BCUT2D eigenvalue weighted by Gasteiger charge is 2.27. The summed E-state index contributed by atoms with van der Waals surface area (Å²) in [6.07, 6.45) is -5.27. The van der Waals surface area contributed by atoms with E-state index in [4.69, 9.17) is 10.5 Å². The molecule has 4 nitrogen and oxygen atoms in total. The van der Waals surface area contributed by atoms with Crippen LogP contribution in [0.2, 0.25) is 0 Å². The van der Waals surface area contributed by atoms with Crippen LogP contribution in [0.15, 0.2) is 6.07 Å². The van der Waals surface area contributed by atoms with E-state index in [9.17, 15) is 13.2 Å². The lowest BCUT2D eigenvalue weighted by atomic mass is 9.96. The first-order valence-corrected chi connectivity index (χ1v) is 5.42. The van der Waals surface area contributed by atoms with Gasteiger partial charge in [0.1, 0.15) is 11.6 Å². The van der Waals surface area contributed by atoms with E-state index in [1.54, 1.807) is 0 Å². The third-order valence-corrected chi connectivity index (χ3v) is 2.03. The molecule has 0 amide bonds. The van der Waals surface area contributed by atoms with E-state index >= 15 is 0 Å². The normalized spacial score (nSPS) is 12.6. The Morgan fingerprint density at radius 2 is 1.83 bits per heavy atom. The summed E-state index contributed by atoms with van der Waals surface area (Å²) in [5.74, 6) is 0.679. The van der Waals surface area contributed by atoms with Gasteiger partial charge in [-0.25, -0.2) is 4.98 Å². The van der Waals surface area contributed by atoms with Crippen molar-refractivity contribution < 1.29 is 17.9 Å². The Kier molecular flexibility index (Phi) is 4.03. The second-order valence-corrected chi connectivity index (χ2v) is 4.92. The summed E-state index contributed by atoms with van der Waals surface area (Å²) >= 11 is 0. The zero-order valence-corrected chi connectivity index (χ0v) is 10.5. The summed E-state index contributed by atoms with van der Waals surface area (Å²) in [4.78, 5) is 8.07. The van der Waals surface area contributed by atoms with E-state index < -0.39 is 19.2 Å². The average molecular weight is 263 g/mol. The van der Waals surface area contributed by atoms with E-state index in [2.05, 4.69) is 9.97 Å². The molecule has 0 unspecified atom stereocenters. The largest absolute Gasteiger partial charge is 0.477 e. The van der Waals surface area contributed by atoms with E-state index in [0.717, 1.165) is 0 Å². The van der Waals surface area contributed by atoms with Gasteiger partial charge < -0.3 is 10.5 Å². The number of nitrogens with zero attached hydrogens (tertiary/aromatic N) is 2. The average Bonchev–Trinajstić information content (AvgIpc) is 2.13. The van der Waals surface area contributed by atoms with Crippen LogP contribution >= 0.6 is 0 Å². The first kappa shape index (κ1) is 14.5. The first-order valence-electron chi connectivity index (χ1n) is 5.42. The quantitative estimate of drug-likeness (QED) is 0.910. The molecule has 0 aliphatic rings. The summed E-state index contributed by atoms with van der Waals surface area (Å²) in [6, 6.07) is 1.31. The molecule has 2 N–H and O–H groups in total. The first-order chi connectivity index (χ1) is 8.08. The molecule has 1 aromatic heterocycles. The molecule has 1 heterocycles. The summed E-state index contributed by atoms with van der Waals surface area (Å²) in [5.41, 5.74) is 5.21. The summed E-state index contributed by atoms with van der Waals surface area (Å²) in [7, 11) is 0. The molecule has 0 saturated carbocycles. The minimum absolute atomic E-state index is 0.0664. The highest BCUT2D eigenvalue weighted by atomic mass is 19.4. The smallest absolute Gasteiger partial charge is 0.392 e. The molecule has 1 rings (SSSR count). The van der Waals surface area contributed by atoms with Gasteiger partial charge in [-0.2, -0.15) is 18.2 Å². The Labute approximate surface area is 103 Å². The summed E-state index contributed by atoms with van der Waals surface area (Å²) < 4.78 is 40.9. The van der Waals surface area contributed by atoms with Crippen LogP contribution in [-0.4, -0.2) is 22.8 Å². The molecular weight excluding hydrogens is 247 g/mol. The minimum atomic E-state index is -4.24. The molecule has 0 bridgehead atoms. The maximum Gasteiger partial charge on any atom is 0.392 e. The number of alkyl halides is 3. The van der Waals surface area contributed by atoms with Gasteiger partial charge in [-0.15, -0.1) is 0 Å². The van der Waals surface area contributed by atoms with Crippen molar-refractivity contribution >= 4 is 5.82 Å². The van der Waals surface area contributed by atoms with Crippen molar-refractivity contribution in [3.05, 3.63) is 11.9 Å². The molecule has 0 atom stereocenters. The minimum Gasteiger partial charge on any atom is -0.477 e. The fourth-order valence-corrected chi connectivity index (χ4v) is 1.12. The number of nitrogens with two attached hydrogens (primary N) is 1. The Balaban J connectivity index is 2.75. The molecule has 1 aromatic rings. The molecule has 18 heavy (non-hydrogen) atoms. The van der Waals surface area contributed by atoms with Crippen LogP contribution in [0.1, 0.15) is 33.0 Å². The molecule has 0 spiro atoms. The van der Waals surface area contributed by atoms with Gasteiger partial charge in [0.05, 0.1) is 13.0 Å². The molecule has 0 aromatic carbocycles. The van der Waals surface area contributed by atoms with E-state index in [0.29, 0.717) is 5.82 Å². The van der Waals surface area contributed by atoms with Crippen molar-refractivity contribution in [1.29, 1.82) is 0 Å². The zero-order valence-electron chi connectivity index (χ0n) is 10.5. The second-order valence-electron chi connectivity index (χ2n) is 4.92. The van der Waals surface area contributed by atoms with Crippen LogP contribution in [0, 0.1) is 0 Å². The summed E-state index contributed by atoms with van der Waals surface area (Å²) in [6.45, 7) is 5.15. The fourth-order valence-electron chi connectivity index (χ4n) is 1.12. The van der Waals surface area contributed by atoms with Crippen LogP contribution in [0.3, 0.4) is 0 Å². The Morgan fingerprint density at radius 1 is 1.22 bits per heavy atom. The lowest BCUT2D eigenvalue weighted by Gasteiger charge is -2.17. The van der Waals surface area contributed by atoms with E-state index in [1.807, 2.05) is 20.8 Å². The number of nitrogen functional groups attached to an aromatic ring is 1. The van der Waals surface area contributed by atoms with Crippen LogP contribution in [0.25, 0.3) is 0 Å². The van der Waals surface area contributed by atoms with Gasteiger partial charge in [0, 0.05) is 11.5 Å². The number of ether oxygens (including phenoxy) is 1. The standard InChI is InChI=1S/C11H16F3N3O/c1-10(2,3)9-16-7(15)6-8(17-9)18-5-4-11(12,13)14/h6H,4-5H2,1-3H3,(H2,15,16,17). The van der Waals surface area contributed by atoms with Crippen LogP contribution in [-0.2, 0) is 5.41 Å².